The minimum absolute atomic E-state index is 0.0252. The van der Waals surface area contributed by atoms with E-state index in [2.05, 4.69) is 15.5 Å². The van der Waals surface area contributed by atoms with Gasteiger partial charge in [0.2, 0.25) is 5.91 Å². The van der Waals surface area contributed by atoms with Crippen LogP contribution in [0.25, 0.3) is 5.69 Å². The van der Waals surface area contributed by atoms with Gasteiger partial charge in [0.15, 0.2) is 10.9 Å². The predicted octanol–water partition coefficient (Wildman–Crippen LogP) is 3.05. The monoisotopic (exact) mass is 386 g/mol. The zero-order chi connectivity index (χ0) is 19.4. The van der Waals surface area contributed by atoms with Crippen LogP contribution in [0, 0.1) is 5.82 Å². The van der Waals surface area contributed by atoms with Crippen LogP contribution in [0.4, 0.5) is 10.1 Å². The average molecular weight is 386 g/mol. The minimum atomic E-state index is -0.427. The molecule has 138 valence electrons. The largest absolute Gasteiger partial charge is 0.506 e. The molecule has 2 N–H and O–H groups in total. The van der Waals surface area contributed by atoms with Crippen LogP contribution < -0.4 is 5.32 Å². The zero-order valence-electron chi connectivity index (χ0n) is 14.2. The number of aromatic nitrogens is 3. The molecule has 1 aromatic heterocycles. The number of anilines is 1. The van der Waals surface area contributed by atoms with Crippen LogP contribution in [0.2, 0.25) is 0 Å². The second-order valence-electron chi connectivity index (χ2n) is 5.56. The predicted molar refractivity (Wildman–Crippen MR) is 98.8 cm³/mol. The van der Waals surface area contributed by atoms with Crippen LogP contribution in [-0.2, 0) is 4.79 Å². The summed E-state index contributed by atoms with van der Waals surface area (Å²) in [5.41, 5.74) is 0.768. The van der Waals surface area contributed by atoms with E-state index in [1.807, 2.05) is 0 Å². The van der Waals surface area contributed by atoms with E-state index in [4.69, 9.17) is 0 Å². The van der Waals surface area contributed by atoms with E-state index in [1.165, 1.54) is 42.1 Å². The normalized spacial score (nSPS) is 10.6. The Bertz CT molecular complexity index is 1010. The fraction of sp³-hybridized carbons (Fsp3) is 0.111. The number of rotatable bonds is 6. The topological polar surface area (TPSA) is 97.1 Å². The lowest BCUT2D eigenvalue weighted by Gasteiger charge is -2.08. The highest BCUT2D eigenvalue weighted by Crippen LogP contribution is 2.26. The maximum atomic E-state index is 14.0. The van der Waals surface area contributed by atoms with Crippen LogP contribution in [0.15, 0.2) is 53.9 Å². The second-order valence-corrected chi connectivity index (χ2v) is 6.50. The van der Waals surface area contributed by atoms with Crippen LogP contribution in [0.5, 0.6) is 5.75 Å². The number of ketones is 1. The number of benzene rings is 2. The third-order valence-electron chi connectivity index (χ3n) is 3.59. The summed E-state index contributed by atoms with van der Waals surface area (Å²) in [5.74, 6) is -1.13. The van der Waals surface area contributed by atoms with E-state index in [0.717, 1.165) is 11.8 Å². The lowest BCUT2D eigenvalue weighted by molar-refractivity contribution is -0.114. The van der Waals surface area contributed by atoms with E-state index in [-0.39, 0.29) is 34.6 Å². The number of Topliss-reactive ketones (excluding diaryl/α,β-unsaturated/α-hetero) is 1. The molecule has 0 unspecified atom stereocenters. The number of aromatic hydroxyl groups is 1. The molecule has 0 saturated heterocycles. The second kappa shape index (κ2) is 8.00. The highest BCUT2D eigenvalue weighted by Gasteiger charge is 2.15. The Morgan fingerprint density at radius 2 is 2.04 bits per heavy atom. The van der Waals surface area contributed by atoms with Crippen molar-refractivity contribution < 1.29 is 19.1 Å². The molecule has 0 radical (unpaired) electrons. The van der Waals surface area contributed by atoms with Crippen molar-refractivity contribution in [2.45, 2.75) is 12.1 Å². The Kier molecular flexibility index (Phi) is 5.51. The fourth-order valence-corrected chi connectivity index (χ4v) is 3.16. The molecule has 0 atom stereocenters. The quantitative estimate of drug-likeness (QED) is 0.384. The van der Waals surface area contributed by atoms with Crippen molar-refractivity contribution in [1.29, 1.82) is 0 Å². The molecule has 27 heavy (non-hydrogen) atoms. The summed E-state index contributed by atoms with van der Waals surface area (Å²) in [7, 11) is 0. The summed E-state index contributed by atoms with van der Waals surface area (Å²) in [4.78, 5) is 23.6. The molecule has 0 aliphatic rings. The first kappa shape index (κ1) is 18.6. The fourth-order valence-electron chi connectivity index (χ4n) is 2.35. The van der Waals surface area contributed by atoms with E-state index in [1.54, 1.807) is 18.2 Å². The van der Waals surface area contributed by atoms with Crippen LogP contribution >= 0.6 is 11.8 Å². The number of carbonyl (C=O) groups is 2. The van der Waals surface area contributed by atoms with E-state index in [0.29, 0.717) is 10.7 Å². The maximum Gasteiger partial charge on any atom is 0.221 e. The van der Waals surface area contributed by atoms with Crippen LogP contribution in [-0.4, -0.2) is 37.3 Å². The number of hydrogen-bond donors (Lipinski definition) is 2. The first-order valence-electron chi connectivity index (χ1n) is 7.87. The summed E-state index contributed by atoms with van der Waals surface area (Å²) in [6, 6.07) is 10.4. The molecule has 0 saturated carbocycles. The summed E-state index contributed by atoms with van der Waals surface area (Å²) in [5, 5.41) is 20.3. The van der Waals surface area contributed by atoms with E-state index < -0.39 is 5.82 Å². The highest BCUT2D eigenvalue weighted by atomic mass is 32.2. The number of phenols is 1. The van der Waals surface area contributed by atoms with Crippen molar-refractivity contribution in [2.75, 3.05) is 11.1 Å². The first-order chi connectivity index (χ1) is 13.0. The lowest BCUT2D eigenvalue weighted by Crippen LogP contribution is -2.09. The molecule has 0 spiro atoms. The van der Waals surface area contributed by atoms with E-state index in [9.17, 15) is 19.1 Å². The van der Waals surface area contributed by atoms with Gasteiger partial charge in [-0.05, 0) is 30.3 Å². The first-order valence-corrected chi connectivity index (χ1v) is 8.86. The highest BCUT2D eigenvalue weighted by molar-refractivity contribution is 7.99. The molecule has 1 heterocycles. The molecule has 1 amide bonds. The SMILES string of the molecule is CC(=O)Nc1cc(C(=O)CSc2nncn2-c2ccccc2F)ccc1O. The molecule has 0 bridgehead atoms. The Morgan fingerprint density at radius 3 is 2.78 bits per heavy atom. The number of carbonyl (C=O) groups excluding carboxylic acids is 2. The molecule has 2 aromatic carbocycles. The maximum absolute atomic E-state index is 14.0. The number of nitrogens with zero attached hydrogens (tertiary/aromatic N) is 3. The third-order valence-corrected chi connectivity index (χ3v) is 4.53. The van der Waals surface area contributed by atoms with Gasteiger partial charge in [0.25, 0.3) is 0 Å². The Hall–Kier alpha value is -3.20. The Labute approximate surface area is 158 Å². The van der Waals surface area contributed by atoms with Gasteiger partial charge in [0.05, 0.1) is 17.1 Å². The van der Waals surface area contributed by atoms with Gasteiger partial charge in [-0.1, -0.05) is 23.9 Å². The summed E-state index contributed by atoms with van der Waals surface area (Å²) >= 11 is 1.11. The van der Waals surface area contributed by atoms with Crippen molar-refractivity contribution >= 4 is 29.1 Å². The van der Waals surface area contributed by atoms with Crippen LogP contribution in [0.1, 0.15) is 17.3 Å². The lowest BCUT2D eigenvalue weighted by atomic mass is 10.1. The Balaban J connectivity index is 1.75. The number of phenolic OH excluding ortho intramolecular Hbond substituents is 1. The smallest absolute Gasteiger partial charge is 0.221 e. The van der Waals surface area contributed by atoms with Gasteiger partial charge in [0, 0.05) is 12.5 Å². The number of para-hydroxylation sites is 1. The van der Waals surface area contributed by atoms with Gasteiger partial charge in [-0.2, -0.15) is 0 Å². The number of halogens is 1. The molecular weight excluding hydrogens is 371 g/mol. The van der Waals surface area contributed by atoms with Gasteiger partial charge in [-0.3, -0.25) is 14.2 Å². The van der Waals surface area contributed by atoms with Crippen molar-refractivity contribution in [3.05, 3.63) is 60.2 Å². The number of amides is 1. The van der Waals surface area contributed by atoms with Gasteiger partial charge in [-0.25, -0.2) is 4.39 Å². The number of hydrogen-bond acceptors (Lipinski definition) is 6. The number of nitrogens with one attached hydrogen (secondary N) is 1. The summed E-state index contributed by atoms with van der Waals surface area (Å²) < 4.78 is 15.4. The summed E-state index contributed by atoms with van der Waals surface area (Å²) in [6.07, 6.45) is 1.38. The standard InChI is InChI=1S/C18H15FN4O3S/c1-11(24)21-14-8-12(6-7-16(14)25)17(26)9-27-18-22-20-10-23(18)15-5-3-2-4-13(15)19/h2-8,10,25H,9H2,1H3,(H,21,24). The summed E-state index contributed by atoms with van der Waals surface area (Å²) in [6.45, 7) is 1.30. The van der Waals surface area contributed by atoms with Gasteiger partial charge in [0.1, 0.15) is 17.9 Å². The number of thioether (sulfide) groups is 1. The zero-order valence-corrected chi connectivity index (χ0v) is 15.0. The third kappa shape index (κ3) is 4.32. The molecule has 3 rings (SSSR count). The van der Waals surface area contributed by atoms with Crippen molar-refractivity contribution in [3.8, 4) is 11.4 Å². The Morgan fingerprint density at radius 1 is 1.26 bits per heavy atom. The van der Waals surface area contributed by atoms with Crippen molar-refractivity contribution in [1.82, 2.24) is 14.8 Å². The molecule has 0 aliphatic heterocycles. The molecule has 0 fully saturated rings. The molecular formula is C18H15FN4O3S. The van der Waals surface area contributed by atoms with E-state index >= 15 is 0 Å². The molecule has 3 aromatic rings. The van der Waals surface area contributed by atoms with Gasteiger partial charge in [-0.15, -0.1) is 10.2 Å². The molecule has 9 heteroatoms. The van der Waals surface area contributed by atoms with Crippen molar-refractivity contribution in [3.63, 3.8) is 0 Å². The molecule has 0 aliphatic carbocycles. The average Bonchev–Trinajstić information content (AvgIpc) is 3.10. The van der Waals surface area contributed by atoms with Crippen molar-refractivity contribution in [2.24, 2.45) is 0 Å². The van der Waals surface area contributed by atoms with Gasteiger partial charge >= 0.3 is 0 Å². The minimum Gasteiger partial charge on any atom is -0.506 e. The molecule has 7 nitrogen and oxygen atoms in total. The van der Waals surface area contributed by atoms with Gasteiger partial charge < -0.3 is 10.4 Å². The van der Waals surface area contributed by atoms with Crippen LogP contribution in [0.3, 0.4) is 0 Å².